The molecule has 4 N–H and O–H groups in total. The van der Waals surface area contributed by atoms with E-state index in [1.54, 1.807) is 6.20 Å². The number of rotatable bonds is 5. The highest BCUT2D eigenvalue weighted by Gasteiger charge is 2.22. The zero-order valence-corrected chi connectivity index (χ0v) is 17.6. The summed E-state index contributed by atoms with van der Waals surface area (Å²) in [5, 5.41) is 3.50. The molecule has 0 aliphatic carbocycles. The molecular formula is C24H27N7. The van der Waals surface area contributed by atoms with Crippen LogP contribution >= 0.6 is 0 Å². The maximum atomic E-state index is 5.85. The smallest absolute Gasteiger partial charge is 0.175 e. The summed E-state index contributed by atoms with van der Waals surface area (Å²) in [6.45, 7) is 3.83. The van der Waals surface area contributed by atoms with Crippen molar-refractivity contribution >= 4 is 22.9 Å². The Morgan fingerprint density at radius 1 is 1.23 bits per heavy atom. The molecule has 0 bridgehead atoms. The Bertz CT molecular complexity index is 1140. The van der Waals surface area contributed by atoms with Gasteiger partial charge in [0, 0.05) is 43.3 Å². The zero-order chi connectivity index (χ0) is 21.2. The molecule has 0 spiro atoms. The fourth-order valence-corrected chi connectivity index (χ4v) is 4.21. The lowest BCUT2D eigenvalue weighted by Crippen LogP contribution is -2.27. The number of aromatic nitrogens is 3. The van der Waals surface area contributed by atoms with Crippen LogP contribution in [0.15, 0.2) is 67.1 Å². The van der Waals surface area contributed by atoms with Crippen LogP contribution in [0.25, 0.3) is 11.3 Å². The maximum Gasteiger partial charge on any atom is 0.175 e. The lowest BCUT2D eigenvalue weighted by molar-refractivity contribution is 0.727. The van der Waals surface area contributed by atoms with Gasteiger partial charge in [-0.1, -0.05) is 24.3 Å². The molecule has 2 aromatic heterocycles. The number of imidazole rings is 1. The number of hydrogen-bond donors (Lipinski definition) is 3. The molecule has 3 aromatic rings. The van der Waals surface area contributed by atoms with Crippen molar-refractivity contribution < 1.29 is 0 Å². The average molecular weight is 414 g/mol. The summed E-state index contributed by atoms with van der Waals surface area (Å²) in [6.07, 6.45) is 10.2. The molecular weight excluding hydrogens is 386 g/mol. The van der Waals surface area contributed by atoms with Gasteiger partial charge in [0.2, 0.25) is 0 Å². The van der Waals surface area contributed by atoms with E-state index in [4.69, 9.17) is 10.7 Å². The van der Waals surface area contributed by atoms with Crippen LogP contribution < -0.4 is 21.4 Å². The molecule has 5 rings (SSSR count). The first-order valence-corrected chi connectivity index (χ1v) is 10.7. The van der Waals surface area contributed by atoms with Gasteiger partial charge in [-0.2, -0.15) is 0 Å². The summed E-state index contributed by atoms with van der Waals surface area (Å²) in [5.41, 5.74) is 13.3. The highest BCUT2D eigenvalue weighted by atomic mass is 15.4. The van der Waals surface area contributed by atoms with Crippen molar-refractivity contribution in [2.75, 3.05) is 22.2 Å². The number of nitrogens with one attached hydrogen (secondary N) is 2. The monoisotopic (exact) mass is 413 g/mol. The van der Waals surface area contributed by atoms with Crippen LogP contribution in [0.3, 0.4) is 0 Å². The van der Waals surface area contributed by atoms with Crippen LogP contribution in [-0.4, -0.2) is 27.2 Å². The van der Waals surface area contributed by atoms with Crippen LogP contribution in [-0.2, 0) is 6.54 Å². The number of allylic oxidation sites excluding steroid dienone is 2. The van der Waals surface area contributed by atoms with Crippen LogP contribution in [0, 0.1) is 0 Å². The van der Waals surface area contributed by atoms with Crippen molar-refractivity contribution in [3.63, 3.8) is 0 Å². The number of nitrogens with zero attached hydrogens (tertiary/aromatic N) is 4. The van der Waals surface area contributed by atoms with Gasteiger partial charge in [-0.3, -0.25) is 5.43 Å². The van der Waals surface area contributed by atoms with Crippen LogP contribution in [0.5, 0.6) is 0 Å². The Balaban J connectivity index is 1.49. The van der Waals surface area contributed by atoms with Gasteiger partial charge in [0.05, 0.1) is 5.70 Å². The van der Waals surface area contributed by atoms with Crippen molar-refractivity contribution in [1.29, 1.82) is 0 Å². The number of fused-ring (bicyclic) bond motifs is 1. The first kappa shape index (κ1) is 19.4. The summed E-state index contributed by atoms with van der Waals surface area (Å²) in [6, 6.07) is 14.9. The third-order valence-corrected chi connectivity index (χ3v) is 5.88. The van der Waals surface area contributed by atoms with Gasteiger partial charge in [0.1, 0.15) is 11.6 Å². The van der Waals surface area contributed by atoms with E-state index in [2.05, 4.69) is 57.9 Å². The summed E-state index contributed by atoms with van der Waals surface area (Å²) >= 11 is 0. The molecule has 1 fully saturated rings. The molecule has 0 radical (unpaired) electrons. The second-order valence-corrected chi connectivity index (χ2v) is 8.00. The standard InChI is InChI=1S/C24H27N7/c1-17-5-4-11-30(17)23-9-3-8-22(29-23)28-21-14-20(16-27-31-12-10-26-24(21)31)19-7-2-6-18(13-19)15-25/h2-3,6-10,12-14,16-17,27H,4-5,11,15,25H2,1H3,(H,28,29). The van der Waals surface area contributed by atoms with E-state index in [1.165, 1.54) is 12.8 Å². The fourth-order valence-electron chi connectivity index (χ4n) is 4.21. The minimum absolute atomic E-state index is 0.510. The fraction of sp³-hybridized carbons (Fsp3) is 0.250. The number of hydrogen-bond acceptors (Lipinski definition) is 6. The van der Waals surface area contributed by atoms with Crippen LogP contribution in [0.4, 0.5) is 11.6 Å². The van der Waals surface area contributed by atoms with Crippen molar-refractivity contribution in [1.82, 2.24) is 14.6 Å². The lowest BCUT2D eigenvalue weighted by atomic mass is 10.0. The Morgan fingerprint density at radius 2 is 2.13 bits per heavy atom. The molecule has 0 saturated carbocycles. The minimum Gasteiger partial charge on any atom is -0.354 e. The molecule has 1 aromatic carbocycles. The number of nitrogens with two attached hydrogens (primary N) is 1. The molecule has 7 heteroatoms. The first-order valence-electron chi connectivity index (χ1n) is 10.7. The molecule has 1 saturated heterocycles. The maximum absolute atomic E-state index is 5.85. The SMILES string of the molecule is CC1CCCN1c1cccc(NC2=CC(c3cccc(CN)c3)=CNn3ccnc32)n1. The van der Waals surface area contributed by atoms with E-state index < -0.39 is 0 Å². The second-order valence-electron chi connectivity index (χ2n) is 8.00. The quantitative estimate of drug-likeness (QED) is 0.590. The number of benzene rings is 1. The van der Waals surface area contributed by atoms with E-state index in [0.717, 1.165) is 46.4 Å². The number of pyridine rings is 1. The predicted molar refractivity (Wildman–Crippen MR) is 126 cm³/mol. The molecule has 1 atom stereocenters. The molecule has 31 heavy (non-hydrogen) atoms. The largest absolute Gasteiger partial charge is 0.354 e. The lowest BCUT2D eigenvalue weighted by Gasteiger charge is -2.23. The van der Waals surface area contributed by atoms with E-state index in [0.29, 0.717) is 12.6 Å². The van der Waals surface area contributed by atoms with Gasteiger partial charge in [0.25, 0.3) is 0 Å². The van der Waals surface area contributed by atoms with Crippen molar-refractivity contribution in [3.8, 4) is 0 Å². The zero-order valence-electron chi connectivity index (χ0n) is 17.6. The molecule has 2 aliphatic heterocycles. The normalized spacial score (nSPS) is 18.0. The molecule has 7 nitrogen and oxygen atoms in total. The molecule has 0 amide bonds. The highest BCUT2D eigenvalue weighted by molar-refractivity contribution is 5.87. The van der Waals surface area contributed by atoms with Gasteiger partial charge >= 0.3 is 0 Å². The second kappa shape index (κ2) is 8.28. The van der Waals surface area contributed by atoms with Gasteiger partial charge in [-0.25, -0.2) is 14.6 Å². The third-order valence-electron chi connectivity index (χ3n) is 5.88. The number of anilines is 2. The molecule has 4 heterocycles. The molecule has 2 aliphatic rings. The first-order chi connectivity index (χ1) is 15.2. The van der Waals surface area contributed by atoms with Crippen LogP contribution in [0.2, 0.25) is 0 Å². The topological polar surface area (TPSA) is 84.0 Å². The summed E-state index contributed by atoms with van der Waals surface area (Å²) in [5.74, 6) is 2.61. The van der Waals surface area contributed by atoms with E-state index >= 15 is 0 Å². The third kappa shape index (κ3) is 3.92. The minimum atomic E-state index is 0.510. The van der Waals surface area contributed by atoms with Crippen molar-refractivity contribution in [3.05, 3.63) is 84.1 Å². The Labute approximate surface area is 182 Å². The molecule has 158 valence electrons. The molecule has 1 unspecified atom stereocenters. The van der Waals surface area contributed by atoms with Crippen molar-refractivity contribution in [2.45, 2.75) is 32.4 Å². The van der Waals surface area contributed by atoms with Gasteiger partial charge in [-0.05, 0) is 55.2 Å². The average Bonchev–Trinajstić information content (AvgIpc) is 3.41. The summed E-state index contributed by atoms with van der Waals surface area (Å²) < 4.78 is 1.89. The Morgan fingerprint density at radius 3 is 2.97 bits per heavy atom. The Hall–Kier alpha value is -3.58. The van der Waals surface area contributed by atoms with Gasteiger partial charge in [0.15, 0.2) is 5.82 Å². The van der Waals surface area contributed by atoms with E-state index in [-0.39, 0.29) is 0 Å². The van der Waals surface area contributed by atoms with E-state index in [1.807, 2.05) is 35.3 Å². The van der Waals surface area contributed by atoms with Crippen molar-refractivity contribution in [2.24, 2.45) is 5.73 Å². The van der Waals surface area contributed by atoms with E-state index in [9.17, 15) is 0 Å². The summed E-state index contributed by atoms with van der Waals surface area (Å²) in [7, 11) is 0. The van der Waals surface area contributed by atoms with Gasteiger partial charge < -0.3 is 16.0 Å². The predicted octanol–water partition coefficient (Wildman–Crippen LogP) is 3.78. The Kier molecular flexibility index (Phi) is 5.18. The van der Waals surface area contributed by atoms with Gasteiger partial charge in [-0.15, -0.1) is 0 Å². The van der Waals surface area contributed by atoms with Crippen LogP contribution in [0.1, 0.15) is 36.7 Å². The highest BCUT2D eigenvalue weighted by Crippen LogP contribution is 2.28. The summed E-state index contributed by atoms with van der Waals surface area (Å²) in [4.78, 5) is 11.8.